The van der Waals surface area contributed by atoms with E-state index >= 15 is 0 Å². The van der Waals surface area contributed by atoms with E-state index in [1.165, 1.54) is 0 Å². The molecule has 1 rings (SSSR count). The first-order valence-corrected chi connectivity index (χ1v) is 3.29. The second-order valence-corrected chi connectivity index (χ2v) is 2.50. The van der Waals surface area contributed by atoms with Crippen LogP contribution in [0.15, 0.2) is 0 Å². The maximum Gasteiger partial charge on any atom is 0.108 e. The SMILES string of the molecule is CN1CCCNC(=N)C1.Cl. The number of likely N-dealkylation sites (N-methyl/N-ethyl adjacent to an activating group) is 1. The highest BCUT2D eigenvalue weighted by Crippen LogP contribution is 1.90. The molecule has 0 aromatic carbocycles. The molecular formula is C6H14ClN3. The van der Waals surface area contributed by atoms with Crippen molar-refractivity contribution in [3.63, 3.8) is 0 Å². The molecule has 0 radical (unpaired) electrons. The predicted molar refractivity (Wildman–Crippen MR) is 45.1 cm³/mol. The molecule has 1 aliphatic heterocycles. The van der Waals surface area contributed by atoms with Gasteiger partial charge in [-0.25, -0.2) is 0 Å². The zero-order valence-electron chi connectivity index (χ0n) is 6.18. The van der Waals surface area contributed by atoms with Gasteiger partial charge in [0.25, 0.3) is 0 Å². The number of halogens is 1. The molecular weight excluding hydrogens is 150 g/mol. The molecule has 0 spiro atoms. The molecule has 1 aliphatic rings. The molecule has 2 N–H and O–H groups in total. The molecule has 0 saturated carbocycles. The number of rotatable bonds is 0. The Kier molecular flexibility index (Phi) is 4.40. The van der Waals surface area contributed by atoms with Gasteiger partial charge in [0, 0.05) is 6.54 Å². The van der Waals surface area contributed by atoms with Crippen LogP contribution in [0.25, 0.3) is 0 Å². The van der Waals surface area contributed by atoms with E-state index in [0.29, 0.717) is 5.84 Å². The van der Waals surface area contributed by atoms with Crippen LogP contribution in [0, 0.1) is 5.41 Å². The van der Waals surface area contributed by atoms with Gasteiger partial charge in [-0.1, -0.05) is 0 Å². The van der Waals surface area contributed by atoms with Gasteiger partial charge in [-0.2, -0.15) is 0 Å². The van der Waals surface area contributed by atoms with Crippen LogP contribution in [0.5, 0.6) is 0 Å². The van der Waals surface area contributed by atoms with Crippen LogP contribution in [-0.4, -0.2) is 37.4 Å². The molecule has 0 amide bonds. The van der Waals surface area contributed by atoms with Crippen molar-refractivity contribution in [3.05, 3.63) is 0 Å². The van der Waals surface area contributed by atoms with Crippen LogP contribution in [0.4, 0.5) is 0 Å². The molecule has 3 nitrogen and oxygen atoms in total. The van der Waals surface area contributed by atoms with Crippen molar-refractivity contribution in [1.29, 1.82) is 5.41 Å². The van der Waals surface area contributed by atoms with Crippen LogP contribution >= 0.6 is 12.4 Å². The highest BCUT2D eigenvalue weighted by molar-refractivity contribution is 5.85. The quantitative estimate of drug-likeness (QED) is 0.540. The maximum atomic E-state index is 7.31. The molecule has 0 aliphatic carbocycles. The van der Waals surface area contributed by atoms with Crippen molar-refractivity contribution in [3.8, 4) is 0 Å². The summed E-state index contributed by atoms with van der Waals surface area (Å²) in [6, 6.07) is 0. The Labute approximate surface area is 67.7 Å². The van der Waals surface area contributed by atoms with E-state index in [1.54, 1.807) is 0 Å². The molecule has 60 valence electrons. The summed E-state index contributed by atoms with van der Waals surface area (Å²) in [5, 5.41) is 10.3. The highest BCUT2D eigenvalue weighted by Gasteiger charge is 2.05. The number of hydrogen-bond acceptors (Lipinski definition) is 2. The second-order valence-electron chi connectivity index (χ2n) is 2.50. The lowest BCUT2D eigenvalue weighted by Gasteiger charge is -2.10. The first-order chi connectivity index (χ1) is 4.29. The van der Waals surface area contributed by atoms with E-state index in [9.17, 15) is 0 Å². The number of amidine groups is 1. The number of nitrogens with zero attached hydrogens (tertiary/aromatic N) is 1. The Hall–Kier alpha value is -0.280. The summed E-state index contributed by atoms with van der Waals surface area (Å²) in [6.45, 7) is 2.85. The first kappa shape index (κ1) is 9.72. The summed E-state index contributed by atoms with van der Waals surface area (Å²) in [7, 11) is 2.04. The highest BCUT2D eigenvalue weighted by atomic mass is 35.5. The van der Waals surface area contributed by atoms with Crippen LogP contribution in [0.3, 0.4) is 0 Å². The van der Waals surface area contributed by atoms with E-state index < -0.39 is 0 Å². The van der Waals surface area contributed by atoms with Gasteiger partial charge in [-0.05, 0) is 20.0 Å². The molecule has 1 heterocycles. The normalized spacial score (nSPS) is 20.7. The monoisotopic (exact) mass is 163 g/mol. The van der Waals surface area contributed by atoms with Crippen LogP contribution < -0.4 is 5.32 Å². The Bertz CT molecular complexity index is 116. The molecule has 1 fully saturated rings. The second kappa shape index (κ2) is 4.52. The summed E-state index contributed by atoms with van der Waals surface area (Å²) in [6.07, 6.45) is 1.15. The van der Waals surface area contributed by atoms with Gasteiger partial charge in [0.2, 0.25) is 0 Å². The standard InChI is InChI=1S/C6H13N3.ClH/c1-9-4-2-3-8-6(7)5-9;/h2-5H2,1H3,(H2,7,8);1H. The smallest absolute Gasteiger partial charge is 0.108 e. The minimum absolute atomic E-state index is 0. The average molecular weight is 164 g/mol. The van der Waals surface area contributed by atoms with Crippen molar-refractivity contribution in [2.75, 3.05) is 26.7 Å². The fraction of sp³-hybridized carbons (Fsp3) is 0.833. The summed E-state index contributed by atoms with van der Waals surface area (Å²) in [4.78, 5) is 2.16. The lowest BCUT2D eigenvalue weighted by molar-refractivity contribution is 0.386. The topological polar surface area (TPSA) is 39.1 Å². The molecule has 0 aromatic rings. The molecule has 10 heavy (non-hydrogen) atoms. The van der Waals surface area contributed by atoms with E-state index in [4.69, 9.17) is 5.41 Å². The summed E-state index contributed by atoms with van der Waals surface area (Å²) in [5.41, 5.74) is 0. The van der Waals surface area contributed by atoms with Crippen molar-refractivity contribution >= 4 is 18.2 Å². The fourth-order valence-electron chi connectivity index (χ4n) is 0.993. The number of hydrogen-bond donors (Lipinski definition) is 2. The molecule has 0 unspecified atom stereocenters. The third-order valence-electron chi connectivity index (χ3n) is 1.48. The van der Waals surface area contributed by atoms with Gasteiger partial charge >= 0.3 is 0 Å². The zero-order chi connectivity index (χ0) is 6.69. The number of nitrogens with one attached hydrogen (secondary N) is 2. The Balaban J connectivity index is 0.000000810. The fourth-order valence-corrected chi connectivity index (χ4v) is 0.993. The molecule has 0 aromatic heterocycles. The maximum absolute atomic E-state index is 7.31. The Morgan fingerprint density at radius 1 is 1.60 bits per heavy atom. The summed E-state index contributed by atoms with van der Waals surface area (Å²) >= 11 is 0. The van der Waals surface area contributed by atoms with E-state index in [2.05, 4.69) is 10.2 Å². The Morgan fingerprint density at radius 2 is 2.30 bits per heavy atom. The van der Waals surface area contributed by atoms with Crippen molar-refractivity contribution in [1.82, 2.24) is 10.2 Å². The summed E-state index contributed by atoms with van der Waals surface area (Å²) in [5.74, 6) is 0.648. The van der Waals surface area contributed by atoms with Gasteiger partial charge in [0.15, 0.2) is 0 Å². The van der Waals surface area contributed by atoms with Gasteiger partial charge in [0.05, 0.1) is 6.54 Å². The van der Waals surface area contributed by atoms with E-state index in [1.807, 2.05) is 7.05 Å². The van der Waals surface area contributed by atoms with Crippen LogP contribution in [0.2, 0.25) is 0 Å². The van der Waals surface area contributed by atoms with E-state index in [-0.39, 0.29) is 12.4 Å². The molecule has 1 saturated heterocycles. The third-order valence-corrected chi connectivity index (χ3v) is 1.48. The lowest BCUT2D eigenvalue weighted by atomic mass is 10.4. The van der Waals surface area contributed by atoms with Gasteiger partial charge in [-0.3, -0.25) is 10.3 Å². The van der Waals surface area contributed by atoms with Gasteiger partial charge < -0.3 is 5.32 Å². The molecule has 4 heteroatoms. The zero-order valence-corrected chi connectivity index (χ0v) is 7.00. The minimum Gasteiger partial charge on any atom is -0.373 e. The average Bonchev–Trinajstić information content (AvgIpc) is 1.93. The van der Waals surface area contributed by atoms with Crippen LogP contribution in [-0.2, 0) is 0 Å². The van der Waals surface area contributed by atoms with E-state index in [0.717, 1.165) is 26.1 Å². The van der Waals surface area contributed by atoms with Crippen molar-refractivity contribution < 1.29 is 0 Å². The predicted octanol–water partition coefficient (Wildman–Crippen LogP) is 0.311. The van der Waals surface area contributed by atoms with Crippen molar-refractivity contribution in [2.45, 2.75) is 6.42 Å². The van der Waals surface area contributed by atoms with Crippen LogP contribution in [0.1, 0.15) is 6.42 Å². The molecule has 0 atom stereocenters. The lowest BCUT2D eigenvalue weighted by Crippen LogP contribution is -2.29. The van der Waals surface area contributed by atoms with Gasteiger partial charge in [-0.15, -0.1) is 12.4 Å². The third kappa shape index (κ3) is 3.03. The van der Waals surface area contributed by atoms with Crippen molar-refractivity contribution in [2.24, 2.45) is 0 Å². The van der Waals surface area contributed by atoms with Gasteiger partial charge in [0.1, 0.15) is 5.84 Å². The summed E-state index contributed by atoms with van der Waals surface area (Å²) < 4.78 is 0. The molecule has 0 bridgehead atoms. The largest absolute Gasteiger partial charge is 0.373 e. The Morgan fingerprint density at radius 3 is 3.00 bits per heavy atom. The minimum atomic E-state index is 0. The first-order valence-electron chi connectivity index (χ1n) is 3.29.